The van der Waals surface area contributed by atoms with E-state index in [0.29, 0.717) is 15.9 Å². The van der Waals surface area contributed by atoms with E-state index in [9.17, 15) is 9.59 Å². The summed E-state index contributed by atoms with van der Waals surface area (Å²) in [6, 6.07) is 4.69. The van der Waals surface area contributed by atoms with E-state index in [1.54, 1.807) is 12.1 Å². The minimum atomic E-state index is -0.528. The molecule has 2 N–H and O–H groups in total. The van der Waals surface area contributed by atoms with Crippen molar-refractivity contribution in [1.29, 1.82) is 0 Å². The fraction of sp³-hybridized carbons (Fsp3) is 0. The second-order valence-corrected chi connectivity index (χ2v) is 3.03. The summed E-state index contributed by atoms with van der Waals surface area (Å²) in [5.41, 5.74) is -0.489. The highest BCUT2D eigenvalue weighted by Crippen LogP contribution is 2.12. The van der Waals surface area contributed by atoms with Crippen LogP contribution in [0.5, 0.6) is 0 Å². The molecular weight excluding hydrogens is 192 g/mol. The van der Waals surface area contributed by atoms with Crippen molar-refractivity contribution in [3.8, 4) is 0 Å². The van der Waals surface area contributed by atoms with Gasteiger partial charge in [-0.3, -0.25) is 9.78 Å². The molecule has 0 fully saturated rings. The van der Waals surface area contributed by atoms with Crippen molar-refractivity contribution in [2.75, 3.05) is 0 Å². The number of benzene rings is 1. The molecule has 0 unspecified atom stereocenters. The number of nitrogens with one attached hydrogen (secondary N) is 2. The zero-order valence-corrected chi connectivity index (χ0v) is 7.18. The Hall–Kier alpha value is -1.55. The lowest BCUT2D eigenvalue weighted by Crippen LogP contribution is -2.21. The van der Waals surface area contributed by atoms with Crippen molar-refractivity contribution in [3.63, 3.8) is 0 Å². The maximum atomic E-state index is 11.2. The standard InChI is InChI=1S/C8H5ClN2O2/c9-4-1-2-5-6(3-4)10-8(13)11-7(5)12/h1-3H,(H2,10,11,12,13). The van der Waals surface area contributed by atoms with E-state index in [2.05, 4.69) is 9.97 Å². The Labute approximate surface area is 77.2 Å². The number of aromatic amines is 2. The van der Waals surface area contributed by atoms with Crippen LogP contribution in [0.1, 0.15) is 0 Å². The van der Waals surface area contributed by atoms with Gasteiger partial charge in [-0.15, -0.1) is 0 Å². The van der Waals surface area contributed by atoms with E-state index in [4.69, 9.17) is 11.6 Å². The van der Waals surface area contributed by atoms with Gasteiger partial charge in [0.15, 0.2) is 0 Å². The Morgan fingerprint density at radius 2 is 1.92 bits per heavy atom. The van der Waals surface area contributed by atoms with Gasteiger partial charge in [0.25, 0.3) is 5.56 Å². The maximum absolute atomic E-state index is 11.2. The molecule has 0 amide bonds. The molecule has 4 nitrogen and oxygen atoms in total. The monoisotopic (exact) mass is 196 g/mol. The van der Waals surface area contributed by atoms with E-state index in [1.807, 2.05) is 0 Å². The number of aromatic nitrogens is 2. The highest BCUT2D eigenvalue weighted by atomic mass is 35.5. The summed E-state index contributed by atoms with van der Waals surface area (Å²) >= 11 is 5.69. The number of hydrogen-bond donors (Lipinski definition) is 2. The van der Waals surface area contributed by atoms with Crippen molar-refractivity contribution in [2.24, 2.45) is 0 Å². The van der Waals surface area contributed by atoms with Crippen LogP contribution < -0.4 is 11.2 Å². The minimum absolute atomic E-state index is 0.407. The molecule has 1 aromatic heterocycles. The predicted octanol–water partition coefficient (Wildman–Crippen LogP) is 0.870. The van der Waals surface area contributed by atoms with Crippen molar-refractivity contribution in [2.45, 2.75) is 0 Å². The maximum Gasteiger partial charge on any atom is 0.326 e. The smallest absolute Gasteiger partial charge is 0.307 e. The van der Waals surface area contributed by atoms with Crippen LogP contribution in [0.25, 0.3) is 10.9 Å². The normalized spacial score (nSPS) is 10.5. The summed E-state index contributed by atoms with van der Waals surface area (Å²) in [4.78, 5) is 26.7. The molecule has 0 bridgehead atoms. The molecule has 66 valence electrons. The van der Waals surface area contributed by atoms with Crippen molar-refractivity contribution >= 4 is 22.5 Å². The van der Waals surface area contributed by atoms with Gasteiger partial charge in [-0.1, -0.05) is 11.6 Å². The van der Waals surface area contributed by atoms with E-state index < -0.39 is 11.2 Å². The third kappa shape index (κ3) is 1.36. The average molecular weight is 197 g/mol. The minimum Gasteiger partial charge on any atom is -0.307 e. The van der Waals surface area contributed by atoms with E-state index in [-0.39, 0.29) is 0 Å². The van der Waals surface area contributed by atoms with Crippen LogP contribution in [0, 0.1) is 0 Å². The van der Waals surface area contributed by atoms with Crippen LogP contribution in [0.2, 0.25) is 5.02 Å². The Morgan fingerprint density at radius 3 is 2.69 bits per heavy atom. The largest absolute Gasteiger partial charge is 0.326 e. The summed E-state index contributed by atoms with van der Waals surface area (Å²) in [6.45, 7) is 0. The van der Waals surface area contributed by atoms with Gasteiger partial charge in [0.2, 0.25) is 0 Å². The Bertz CT molecular complexity index is 570. The van der Waals surface area contributed by atoms with E-state index >= 15 is 0 Å². The van der Waals surface area contributed by atoms with Crippen molar-refractivity contribution < 1.29 is 0 Å². The van der Waals surface area contributed by atoms with Gasteiger partial charge in [-0.2, -0.15) is 0 Å². The fourth-order valence-corrected chi connectivity index (χ4v) is 1.31. The Kier molecular flexibility index (Phi) is 1.70. The number of H-pyrrole nitrogens is 2. The van der Waals surface area contributed by atoms with Gasteiger partial charge in [0.05, 0.1) is 10.9 Å². The quantitative estimate of drug-likeness (QED) is 0.657. The molecule has 0 saturated carbocycles. The highest BCUT2D eigenvalue weighted by Gasteiger charge is 1.99. The number of rotatable bonds is 0. The van der Waals surface area contributed by atoms with E-state index in [1.165, 1.54) is 6.07 Å². The number of hydrogen-bond acceptors (Lipinski definition) is 2. The second kappa shape index (κ2) is 2.74. The molecule has 0 saturated heterocycles. The molecule has 2 rings (SSSR count). The third-order valence-corrected chi connectivity index (χ3v) is 1.94. The van der Waals surface area contributed by atoms with Crippen molar-refractivity contribution in [3.05, 3.63) is 44.1 Å². The first kappa shape index (κ1) is 8.07. The van der Waals surface area contributed by atoms with Gasteiger partial charge < -0.3 is 4.98 Å². The van der Waals surface area contributed by atoms with Crippen LogP contribution in [0.15, 0.2) is 27.8 Å². The molecule has 0 spiro atoms. The molecule has 5 heteroatoms. The van der Waals surface area contributed by atoms with Gasteiger partial charge in [-0.05, 0) is 18.2 Å². The average Bonchev–Trinajstić information content (AvgIpc) is 2.02. The number of fused-ring (bicyclic) bond motifs is 1. The van der Waals surface area contributed by atoms with Crippen molar-refractivity contribution in [1.82, 2.24) is 9.97 Å². The van der Waals surface area contributed by atoms with E-state index in [0.717, 1.165) is 0 Å². The molecule has 13 heavy (non-hydrogen) atoms. The molecule has 1 heterocycles. The number of halogens is 1. The molecule has 2 aromatic rings. The SMILES string of the molecule is O=c1[nH]c(=O)c2ccc(Cl)cc2[nH]1. The molecule has 0 aliphatic rings. The lowest BCUT2D eigenvalue weighted by molar-refractivity contribution is 1.08. The first-order valence-electron chi connectivity index (χ1n) is 3.59. The highest BCUT2D eigenvalue weighted by molar-refractivity contribution is 6.31. The summed E-state index contributed by atoms with van der Waals surface area (Å²) in [5.74, 6) is 0. The van der Waals surface area contributed by atoms with Gasteiger partial charge in [-0.25, -0.2) is 4.79 Å². The molecule has 0 aliphatic carbocycles. The summed E-state index contributed by atoms with van der Waals surface area (Å²) in [7, 11) is 0. The zero-order valence-electron chi connectivity index (χ0n) is 6.43. The Morgan fingerprint density at radius 1 is 1.15 bits per heavy atom. The summed E-state index contributed by atoms with van der Waals surface area (Å²) in [5, 5.41) is 0.901. The van der Waals surface area contributed by atoms with Gasteiger partial charge in [0.1, 0.15) is 0 Å². The fourth-order valence-electron chi connectivity index (χ4n) is 1.14. The van der Waals surface area contributed by atoms with Crippen LogP contribution in [-0.4, -0.2) is 9.97 Å². The summed E-state index contributed by atoms with van der Waals surface area (Å²) in [6.07, 6.45) is 0. The molecule has 0 aliphatic heterocycles. The molecule has 1 aromatic carbocycles. The van der Waals surface area contributed by atoms with Crippen LogP contribution >= 0.6 is 11.6 Å². The zero-order chi connectivity index (χ0) is 9.42. The first-order chi connectivity index (χ1) is 6.16. The first-order valence-corrected chi connectivity index (χ1v) is 3.96. The predicted molar refractivity (Wildman–Crippen MR) is 50.2 cm³/mol. The molecular formula is C8H5ClN2O2. The van der Waals surface area contributed by atoms with Crippen LogP contribution in [0.3, 0.4) is 0 Å². The Balaban J connectivity index is 3.03. The van der Waals surface area contributed by atoms with Crippen LogP contribution in [-0.2, 0) is 0 Å². The molecule has 0 radical (unpaired) electrons. The third-order valence-electron chi connectivity index (χ3n) is 1.70. The van der Waals surface area contributed by atoms with Gasteiger partial charge in [0, 0.05) is 5.02 Å². The van der Waals surface area contributed by atoms with Crippen LogP contribution in [0.4, 0.5) is 0 Å². The lowest BCUT2D eigenvalue weighted by Gasteiger charge is -1.95. The summed E-state index contributed by atoms with van der Waals surface area (Å²) < 4.78 is 0. The lowest BCUT2D eigenvalue weighted by atomic mass is 10.2. The van der Waals surface area contributed by atoms with Gasteiger partial charge >= 0.3 is 5.69 Å². The topological polar surface area (TPSA) is 65.7 Å². The molecule has 0 atom stereocenters. The second-order valence-electron chi connectivity index (χ2n) is 2.60.